The maximum Gasteiger partial charge on any atom is 0.250 e. The fraction of sp³-hybridized carbons (Fsp3) is 0.300. The summed E-state index contributed by atoms with van der Waals surface area (Å²) in [6, 6.07) is 3.30. The molecular formula is C10H14N4O2S2. The predicted octanol–water partition coefficient (Wildman–Crippen LogP) is 0.451. The molecule has 0 spiro atoms. The summed E-state index contributed by atoms with van der Waals surface area (Å²) < 4.78 is 26.7. The number of thiophene rings is 1. The first-order chi connectivity index (χ1) is 8.62. The normalized spacial score (nSPS) is 11.8. The van der Waals surface area contributed by atoms with Gasteiger partial charge in [0.25, 0.3) is 0 Å². The van der Waals surface area contributed by atoms with E-state index in [0.29, 0.717) is 23.7 Å². The quantitative estimate of drug-likeness (QED) is 0.717. The Bertz CT molecular complexity index is 589. The van der Waals surface area contributed by atoms with E-state index in [9.17, 15) is 8.42 Å². The van der Waals surface area contributed by atoms with Crippen molar-refractivity contribution in [3.63, 3.8) is 0 Å². The minimum absolute atomic E-state index is 0.294. The fourth-order valence-corrected chi connectivity index (χ4v) is 3.73. The molecule has 0 aliphatic rings. The molecule has 0 radical (unpaired) electrons. The average molecular weight is 286 g/mol. The molecule has 0 aromatic carbocycles. The van der Waals surface area contributed by atoms with Crippen LogP contribution in [0.4, 0.5) is 0 Å². The van der Waals surface area contributed by atoms with Crippen LogP contribution >= 0.6 is 11.3 Å². The number of hydrogen-bond acceptors (Lipinski definition) is 5. The van der Waals surface area contributed by atoms with Gasteiger partial charge in [-0.05, 0) is 12.1 Å². The molecule has 0 atom stereocenters. The molecule has 98 valence electrons. The van der Waals surface area contributed by atoms with Gasteiger partial charge in [0.1, 0.15) is 10.0 Å². The van der Waals surface area contributed by atoms with Gasteiger partial charge in [0.05, 0.1) is 0 Å². The van der Waals surface area contributed by atoms with Gasteiger partial charge in [0.2, 0.25) is 10.0 Å². The van der Waals surface area contributed by atoms with Crippen LogP contribution in [0.25, 0.3) is 0 Å². The molecule has 6 nitrogen and oxygen atoms in total. The average Bonchev–Trinajstić information content (AvgIpc) is 2.99. The van der Waals surface area contributed by atoms with E-state index in [1.165, 1.54) is 11.3 Å². The highest BCUT2D eigenvalue weighted by molar-refractivity contribution is 7.91. The number of sulfonamides is 1. The summed E-state index contributed by atoms with van der Waals surface area (Å²) in [5, 5.41) is 0. The largest absolute Gasteiger partial charge is 0.349 e. The fourth-order valence-electron chi connectivity index (χ4n) is 1.42. The molecule has 0 aliphatic heterocycles. The Balaban J connectivity index is 1.95. The van der Waals surface area contributed by atoms with Crippen LogP contribution in [0.5, 0.6) is 0 Å². The molecule has 2 aromatic rings. The lowest BCUT2D eigenvalue weighted by Gasteiger charge is -2.03. The topological polar surface area (TPSA) is 101 Å². The van der Waals surface area contributed by atoms with Crippen LogP contribution in [-0.2, 0) is 23.0 Å². The first-order valence-electron chi connectivity index (χ1n) is 5.38. The van der Waals surface area contributed by atoms with E-state index in [1.807, 2.05) is 0 Å². The number of H-pyrrole nitrogens is 1. The first-order valence-corrected chi connectivity index (χ1v) is 7.68. The minimum atomic E-state index is -3.43. The molecule has 8 heteroatoms. The van der Waals surface area contributed by atoms with Crippen molar-refractivity contribution < 1.29 is 8.42 Å². The molecule has 18 heavy (non-hydrogen) atoms. The van der Waals surface area contributed by atoms with Crippen molar-refractivity contribution in [1.29, 1.82) is 0 Å². The maximum absolute atomic E-state index is 11.9. The lowest BCUT2D eigenvalue weighted by molar-refractivity contribution is 0.583. The molecular weight excluding hydrogens is 272 g/mol. The highest BCUT2D eigenvalue weighted by atomic mass is 32.2. The molecule has 2 rings (SSSR count). The zero-order chi connectivity index (χ0) is 13.0. The first kappa shape index (κ1) is 13.2. The van der Waals surface area contributed by atoms with Gasteiger partial charge in [0, 0.05) is 36.8 Å². The van der Waals surface area contributed by atoms with Crippen molar-refractivity contribution in [2.45, 2.75) is 17.2 Å². The lowest BCUT2D eigenvalue weighted by atomic mass is 10.4. The van der Waals surface area contributed by atoms with Gasteiger partial charge >= 0.3 is 0 Å². The van der Waals surface area contributed by atoms with Crippen LogP contribution in [0, 0.1) is 0 Å². The van der Waals surface area contributed by atoms with Crippen LogP contribution < -0.4 is 10.5 Å². The maximum atomic E-state index is 11.9. The summed E-state index contributed by atoms with van der Waals surface area (Å²) in [5.41, 5.74) is 5.45. The van der Waals surface area contributed by atoms with Crippen LogP contribution in [0.3, 0.4) is 0 Å². The summed E-state index contributed by atoms with van der Waals surface area (Å²) >= 11 is 1.19. The van der Waals surface area contributed by atoms with E-state index in [-0.39, 0.29) is 0 Å². The van der Waals surface area contributed by atoms with E-state index in [0.717, 1.165) is 10.7 Å². The molecule has 0 saturated carbocycles. The van der Waals surface area contributed by atoms with Crippen LogP contribution in [-0.4, -0.2) is 24.9 Å². The lowest BCUT2D eigenvalue weighted by Crippen LogP contribution is -2.25. The number of aromatic amines is 1. The zero-order valence-corrected chi connectivity index (χ0v) is 11.2. The van der Waals surface area contributed by atoms with Gasteiger partial charge in [-0.3, -0.25) is 0 Å². The number of nitrogens with zero attached hydrogens (tertiary/aromatic N) is 1. The number of nitrogens with two attached hydrogens (primary N) is 1. The van der Waals surface area contributed by atoms with Crippen molar-refractivity contribution in [3.8, 4) is 0 Å². The van der Waals surface area contributed by atoms with Crippen LogP contribution in [0.1, 0.15) is 10.7 Å². The van der Waals surface area contributed by atoms with E-state index in [1.54, 1.807) is 24.5 Å². The highest BCUT2D eigenvalue weighted by Crippen LogP contribution is 2.20. The molecule has 4 N–H and O–H groups in total. The summed E-state index contributed by atoms with van der Waals surface area (Å²) in [6.45, 7) is 0.665. The molecule has 0 fully saturated rings. The van der Waals surface area contributed by atoms with Crippen molar-refractivity contribution >= 4 is 21.4 Å². The monoisotopic (exact) mass is 286 g/mol. The van der Waals surface area contributed by atoms with Gasteiger partial charge in [-0.2, -0.15) is 0 Å². The third kappa shape index (κ3) is 3.16. The van der Waals surface area contributed by atoms with Crippen LogP contribution in [0.15, 0.2) is 28.7 Å². The third-order valence-electron chi connectivity index (χ3n) is 2.31. The minimum Gasteiger partial charge on any atom is -0.349 e. The molecule has 0 amide bonds. The highest BCUT2D eigenvalue weighted by Gasteiger charge is 2.15. The van der Waals surface area contributed by atoms with Gasteiger partial charge in [-0.25, -0.2) is 18.1 Å². The Morgan fingerprint density at radius 1 is 1.44 bits per heavy atom. The molecule has 2 heterocycles. The Kier molecular flexibility index (Phi) is 4.12. The van der Waals surface area contributed by atoms with E-state index < -0.39 is 10.0 Å². The Morgan fingerprint density at radius 3 is 2.89 bits per heavy atom. The molecule has 0 bridgehead atoms. The number of imidazole rings is 1. The molecule has 0 aliphatic carbocycles. The summed E-state index contributed by atoms with van der Waals surface area (Å²) in [5.74, 6) is 0.756. The molecule has 0 saturated heterocycles. The van der Waals surface area contributed by atoms with Gasteiger partial charge in [-0.1, -0.05) is 0 Å². The summed E-state index contributed by atoms with van der Waals surface area (Å²) in [7, 11) is -3.43. The smallest absolute Gasteiger partial charge is 0.250 e. The van der Waals surface area contributed by atoms with Crippen molar-refractivity contribution in [2.24, 2.45) is 5.73 Å². The van der Waals surface area contributed by atoms with E-state index in [2.05, 4.69) is 14.7 Å². The van der Waals surface area contributed by atoms with Gasteiger partial charge in [-0.15, -0.1) is 11.3 Å². The Labute approximate surface area is 109 Å². The van der Waals surface area contributed by atoms with Crippen molar-refractivity contribution in [3.05, 3.63) is 35.2 Å². The molecule has 0 unspecified atom stereocenters. The van der Waals surface area contributed by atoms with Crippen molar-refractivity contribution in [2.75, 3.05) is 6.54 Å². The summed E-state index contributed by atoms with van der Waals surface area (Å²) in [4.78, 5) is 7.79. The Morgan fingerprint density at radius 2 is 2.28 bits per heavy atom. The standard InChI is InChI=1S/C10H14N4O2S2/c11-7-8-1-2-10(17-8)18(15,16)14-4-3-9-12-5-6-13-9/h1-2,5-6,14H,3-4,7,11H2,(H,12,13). The third-order valence-corrected chi connectivity index (χ3v) is 5.37. The predicted molar refractivity (Wildman–Crippen MR) is 69.7 cm³/mol. The molecule has 2 aromatic heterocycles. The van der Waals surface area contributed by atoms with Crippen molar-refractivity contribution in [1.82, 2.24) is 14.7 Å². The number of nitrogens with one attached hydrogen (secondary N) is 2. The van der Waals surface area contributed by atoms with E-state index >= 15 is 0 Å². The number of aromatic nitrogens is 2. The second-order valence-electron chi connectivity index (χ2n) is 3.61. The van der Waals surface area contributed by atoms with Gasteiger partial charge < -0.3 is 10.7 Å². The zero-order valence-electron chi connectivity index (χ0n) is 9.59. The second-order valence-corrected chi connectivity index (χ2v) is 6.77. The number of hydrogen-bond donors (Lipinski definition) is 3. The van der Waals surface area contributed by atoms with Gasteiger partial charge in [0.15, 0.2) is 0 Å². The Hall–Kier alpha value is -1.22. The van der Waals surface area contributed by atoms with Crippen LogP contribution in [0.2, 0.25) is 0 Å². The second kappa shape index (κ2) is 5.61. The summed E-state index contributed by atoms with van der Waals surface area (Å²) in [6.07, 6.45) is 3.87. The SMILES string of the molecule is NCc1ccc(S(=O)(=O)NCCc2ncc[nH]2)s1. The van der Waals surface area contributed by atoms with E-state index in [4.69, 9.17) is 5.73 Å². The number of rotatable bonds is 6.